The summed E-state index contributed by atoms with van der Waals surface area (Å²) in [6.45, 7) is 1.96. The van der Waals surface area contributed by atoms with Crippen LogP contribution in [0, 0.1) is 17.5 Å². The minimum absolute atomic E-state index is 0.0299. The average molecular weight is 336 g/mol. The van der Waals surface area contributed by atoms with Gasteiger partial charge in [0.25, 0.3) is 0 Å². The van der Waals surface area contributed by atoms with Gasteiger partial charge < -0.3 is 0 Å². The molecule has 3 rings (SSSR count). The maximum Gasteiger partial charge on any atom is 0.195 e. The average Bonchev–Trinajstić information content (AvgIpc) is 2.63. The molecule has 3 heteroatoms. The maximum absolute atomic E-state index is 14.8. The van der Waals surface area contributed by atoms with Crippen LogP contribution in [0.5, 0.6) is 0 Å². The second-order valence-corrected chi connectivity index (χ2v) is 7.27. The lowest BCUT2D eigenvalue weighted by Gasteiger charge is -2.29. The minimum atomic E-state index is -1.26. The van der Waals surface area contributed by atoms with Crippen molar-refractivity contribution in [1.29, 1.82) is 0 Å². The maximum atomic E-state index is 14.8. The SMILES string of the molecule is CCCc1c(F)c(F)c(F)c(C2CCCCC2)c1C1=CCCCC1. The molecular formula is C21H27F3. The summed E-state index contributed by atoms with van der Waals surface area (Å²) >= 11 is 0. The fraction of sp³-hybridized carbons (Fsp3) is 0.619. The molecule has 0 amide bonds. The highest BCUT2D eigenvalue weighted by Gasteiger charge is 2.31. The zero-order chi connectivity index (χ0) is 17.1. The highest BCUT2D eigenvalue weighted by Crippen LogP contribution is 2.43. The van der Waals surface area contributed by atoms with Gasteiger partial charge >= 0.3 is 0 Å². The van der Waals surface area contributed by atoms with E-state index in [1.165, 1.54) is 0 Å². The molecule has 0 radical (unpaired) electrons. The smallest absolute Gasteiger partial charge is 0.195 e. The predicted molar refractivity (Wildman–Crippen MR) is 92.6 cm³/mol. The van der Waals surface area contributed by atoms with Gasteiger partial charge in [0.05, 0.1) is 0 Å². The van der Waals surface area contributed by atoms with E-state index in [1.807, 2.05) is 6.92 Å². The molecule has 1 fully saturated rings. The molecule has 2 aliphatic carbocycles. The molecule has 0 bridgehead atoms. The van der Waals surface area contributed by atoms with Crippen LogP contribution in [0.15, 0.2) is 6.08 Å². The Morgan fingerprint density at radius 1 is 0.917 bits per heavy atom. The van der Waals surface area contributed by atoms with Crippen LogP contribution in [0.25, 0.3) is 5.57 Å². The lowest BCUT2D eigenvalue weighted by molar-refractivity contribution is 0.397. The van der Waals surface area contributed by atoms with Gasteiger partial charge in [0.15, 0.2) is 17.5 Å². The normalized spacial score (nSPS) is 19.4. The van der Waals surface area contributed by atoms with Crippen LogP contribution in [0.4, 0.5) is 13.2 Å². The van der Waals surface area contributed by atoms with Gasteiger partial charge in [-0.3, -0.25) is 0 Å². The Kier molecular flexibility index (Phi) is 5.68. The number of rotatable bonds is 4. The Morgan fingerprint density at radius 2 is 1.67 bits per heavy atom. The van der Waals surface area contributed by atoms with E-state index in [-0.39, 0.29) is 5.92 Å². The van der Waals surface area contributed by atoms with Crippen molar-refractivity contribution >= 4 is 5.57 Å². The van der Waals surface area contributed by atoms with Gasteiger partial charge in [0, 0.05) is 5.56 Å². The van der Waals surface area contributed by atoms with Crippen molar-refractivity contribution in [2.75, 3.05) is 0 Å². The van der Waals surface area contributed by atoms with Crippen LogP contribution in [0.1, 0.15) is 93.7 Å². The standard InChI is InChI=1S/C21H27F3/c1-2-9-16-17(14-10-5-3-6-11-14)18(15-12-7-4-8-13-15)20(23)21(24)19(16)22/h10,15H,2-9,11-13H2,1H3. The Hall–Kier alpha value is -1.25. The summed E-state index contributed by atoms with van der Waals surface area (Å²) in [5.74, 6) is -3.13. The van der Waals surface area contributed by atoms with Crippen molar-refractivity contribution in [2.24, 2.45) is 0 Å². The third-order valence-corrected chi connectivity index (χ3v) is 5.58. The van der Waals surface area contributed by atoms with Crippen molar-refractivity contribution in [3.8, 4) is 0 Å². The zero-order valence-electron chi connectivity index (χ0n) is 14.6. The van der Waals surface area contributed by atoms with E-state index in [9.17, 15) is 13.2 Å². The zero-order valence-corrected chi connectivity index (χ0v) is 14.6. The summed E-state index contributed by atoms with van der Waals surface area (Å²) in [5, 5.41) is 0. The van der Waals surface area contributed by atoms with E-state index in [0.29, 0.717) is 17.5 Å². The molecule has 1 aromatic carbocycles. The topological polar surface area (TPSA) is 0 Å². The number of hydrogen-bond acceptors (Lipinski definition) is 0. The van der Waals surface area contributed by atoms with Gasteiger partial charge in [-0.1, -0.05) is 38.7 Å². The van der Waals surface area contributed by atoms with Crippen molar-refractivity contribution in [1.82, 2.24) is 0 Å². The van der Waals surface area contributed by atoms with Gasteiger partial charge in [-0.25, -0.2) is 13.2 Å². The Morgan fingerprint density at radius 3 is 2.29 bits per heavy atom. The molecule has 24 heavy (non-hydrogen) atoms. The van der Waals surface area contributed by atoms with Crippen molar-refractivity contribution in [3.05, 3.63) is 40.2 Å². The van der Waals surface area contributed by atoms with E-state index in [2.05, 4.69) is 6.08 Å². The van der Waals surface area contributed by atoms with Crippen LogP contribution >= 0.6 is 0 Å². The minimum Gasteiger partial charge on any atom is -0.203 e. The van der Waals surface area contributed by atoms with Crippen LogP contribution in [-0.2, 0) is 6.42 Å². The first-order valence-electron chi connectivity index (χ1n) is 9.53. The van der Waals surface area contributed by atoms with Gasteiger partial charge in [-0.2, -0.15) is 0 Å². The number of allylic oxidation sites excluding steroid dienone is 2. The van der Waals surface area contributed by atoms with Crippen LogP contribution < -0.4 is 0 Å². The molecule has 1 saturated carbocycles. The van der Waals surface area contributed by atoms with Gasteiger partial charge in [0.2, 0.25) is 0 Å². The molecular weight excluding hydrogens is 309 g/mol. The highest BCUT2D eigenvalue weighted by molar-refractivity contribution is 5.73. The second kappa shape index (κ2) is 7.76. The lowest BCUT2D eigenvalue weighted by Crippen LogP contribution is -2.16. The van der Waals surface area contributed by atoms with Crippen LogP contribution in [0.2, 0.25) is 0 Å². The number of hydrogen-bond donors (Lipinski definition) is 0. The van der Waals surface area contributed by atoms with Crippen LogP contribution in [0.3, 0.4) is 0 Å². The Bertz CT molecular complexity index is 625. The first-order valence-corrected chi connectivity index (χ1v) is 9.53. The lowest BCUT2D eigenvalue weighted by atomic mass is 9.76. The first kappa shape index (κ1) is 17.6. The largest absolute Gasteiger partial charge is 0.203 e. The molecule has 2 aliphatic rings. The summed E-state index contributed by atoms with van der Waals surface area (Å²) < 4.78 is 43.7. The van der Waals surface area contributed by atoms with Gasteiger partial charge in [-0.15, -0.1) is 0 Å². The summed E-state index contributed by atoms with van der Waals surface area (Å²) in [7, 11) is 0. The van der Waals surface area contributed by atoms with E-state index >= 15 is 0 Å². The molecule has 0 aromatic heterocycles. The molecule has 0 N–H and O–H groups in total. The van der Waals surface area contributed by atoms with Crippen LogP contribution in [-0.4, -0.2) is 0 Å². The first-order chi connectivity index (χ1) is 11.6. The molecule has 132 valence electrons. The summed E-state index contributed by atoms with van der Waals surface area (Å²) in [5.41, 5.74) is 2.65. The summed E-state index contributed by atoms with van der Waals surface area (Å²) in [6, 6.07) is 0. The monoisotopic (exact) mass is 336 g/mol. The fourth-order valence-electron chi connectivity index (χ4n) is 4.42. The highest BCUT2D eigenvalue weighted by atomic mass is 19.2. The third kappa shape index (κ3) is 3.27. The fourth-order valence-corrected chi connectivity index (χ4v) is 4.42. The van der Waals surface area contributed by atoms with Crippen molar-refractivity contribution in [3.63, 3.8) is 0 Å². The van der Waals surface area contributed by atoms with E-state index in [4.69, 9.17) is 0 Å². The molecule has 0 nitrogen and oxygen atoms in total. The molecule has 0 heterocycles. The second-order valence-electron chi connectivity index (χ2n) is 7.27. The third-order valence-electron chi connectivity index (χ3n) is 5.58. The Balaban J connectivity index is 2.21. The molecule has 0 saturated heterocycles. The Labute approximate surface area is 143 Å². The summed E-state index contributed by atoms with van der Waals surface area (Å²) in [4.78, 5) is 0. The van der Waals surface area contributed by atoms with E-state index in [0.717, 1.165) is 75.3 Å². The molecule has 0 spiro atoms. The number of benzene rings is 1. The molecule has 1 aromatic rings. The predicted octanol–water partition coefficient (Wildman–Crippen LogP) is 7.06. The quantitative estimate of drug-likeness (QED) is 0.516. The summed E-state index contributed by atoms with van der Waals surface area (Å²) in [6.07, 6.45) is 12.3. The molecule has 0 unspecified atom stereocenters. The van der Waals surface area contributed by atoms with Crippen molar-refractivity contribution in [2.45, 2.75) is 83.5 Å². The molecule has 0 aliphatic heterocycles. The molecule has 0 atom stereocenters. The van der Waals surface area contributed by atoms with Gasteiger partial charge in [-0.05, 0) is 67.6 Å². The van der Waals surface area contributed by atoms with Gasteiger partial charge in [0.1, 0.15) is 0 Å². The van der Waals surface area contributed by atoms with E-state index in [1.54, 1.807) is 0 Å². The van der Waals surface area contributed by atoms with E-state index < -0.39 is 17.5 Å². The number of halogens is 3. The van der Waals surface area contributed by atoms with Crippen molar-refractivity contribution < 1.29 is 13.2 Å².